The minimum Gasteiger partial charge on any atom is -0.343 e. The molecule has 0 bridgehead atoms. The van der Waals surface area contributed by atoms with Crippen molar-refractivity contribution in [1.82, 2.24) is 14.9 Å². The molecular formula is C19H26N4O2. The summed E-state index contributed by atoms with van der Waals surface area (Å²) in [5.74, 6) is 1.36. The topological polar surface area (TPSA) is 92.1 Å². The molecular weight excluding hydrogens is 316 g/mol. The summed E-state index contributed by atoms with van der Waals surface area (Å²) < 4.78 is 0. The Kier molecular flexibility index (Phi) is 5.48. The second-order valence-corrected chi connectivity index (χ2v) is 6.96. The molecule has 1 unspecified atom stereocenters. The SMILES string of the molecule is CC(N)C1CCN(C(=O)CCCc2nc3ccccc3c(=O)[nH]2)CC1. The largest absolute Gasteiger partial charge is 0.343 e. The average molecular weight is 342 g/mol. The minimum atomic E-state index is -0.120. The van der Waals surface area contributed by atoms with Gasteiger partial charge in [0, 0.05) is 32.0 Å². The molecule has 0 radical (unpaired) electrons. The van der Waals surface area contributed by atoms with Crippen LogP contribution in [0.2, 0.25) is 0 Å². The molecule has 0 saturated carbocycles. The Morgan fingerprint density at radius 1 is 1.36 bits per heavy atom. The summed E-state index contributed by atoms with van der Waals surface area (Å²) in [6.07, 6.45) is 3.75. The molecule has 1 saturated heterocycles. The third-order valence-corrected chi connectivity index (χ3v) is 5.10. The standard InChI is InChI=1S/C19H26N4O2/c1-13(20)14-9-11-23(12-10-14)18(24)8-4-7-17-21-16-6-3-2-5-15(16)19(25)22-17/h2-3,5-6,13-14H,4,7-12,20H2,1H3,(H,21,22,25). The number of nitrogens with one attached hydrogen (secondary N) is 1. The second-order valence-electron chi connectivity index (χ2n) is 6.96. The number of aromatic amines is 1. The van der Waals surface area contributed by atoms with Crippen LogP contribution in [-0.2, 0) is 11.2 Å². The van der Waals surface area contributed by atoms with Crippen molar-refractivity contribution in [3.05, 3.63) is 40.4 Å². The van der Waals surface area contributed by atoms with Crippen LogP contribution in [0.4, 0.5) is 0 Å². The lowest BCUT2D eigenvalue weighted by atomic mass is 9.91. The molecule has 0 spiro atoms. The van der Waals surface area contributed by atoms with E-state index in [0.29, 0.717) is 41.9 Å². The summed E-state index contributed by atoms with van der Waals surface area (Å²) in [5, 5.41) is 0.597. The van der Waals surface area contributed by atoms with Crippen molar-refractivity contribution >= 4 is 16.8 Å². The predicted molar refractivity (Wildman–Crippen MR) is 98.3 cm³/mol. The highest BCUT2D eigenvalue weighted by atomic mass is 16.2. The number of para-hydroxylation sites is 1. The first-order valence-corrected chi connectivity index (χ1v) is 9.06. The van der Waals surface area contributed by atoms with Gasteiger partial charge in [0.05, 0.1) is 10.9 Å². The highest BCUT2D eigenvalue weighted by Crippen LogP contribution is 2.20. The number of H-pyrrole nitrogens is 1. The van der Waals surface area contributed by atoms with Crippen molar-refractivity contribution < 1.29 is 4.79 Å². The molecule has 1 atom stereocenters. The van der Waals surface area contributed by atoms with Gasteiger partial charge in [0.15, 0.2) is 0 Å². The molecule has 3 N–H and O–H groups in total. The Morgan fingerprint density at radius 2 is 2.08 bits per heavy atom. The van der Waals surface area contributed by atoms with Gasteiger partial charge in [-0.3, -0.25) is 9.59 Å². The van der Waals surface area contributed by atoms with E-state index in [-0.39, 0.29) is 17.5 Å². The van der Waals surface area contributed by atoms with Crippen molar-refractivity contribution in [2.75, 3.05) is 13.1 Å². The highest BCUT2D eigenvalue weighted by Gasteiger charge is 2.24. The molecule has 6 heteroatoms. The van der Waals surface area contributed by atoms with Gasteiger partial charge in [-0.1, -0.05) is 12.1 Å². The Morgan fingerprint density at radius 3 is 2.80 bits per heavy atom. The third-order valence-electron chi connectivity index (χ3n) is 5.10. The van der Waals surface area contributed by atoms with E-state index >= 15 is 0 Å². The summed E-state index contributed by atoms with van der Waals surface area (Å²) in [6, 6.07) is 7.50. The fraction of sp³-hybridized carbons (Fsp3) is 0.526. The maximum absolute atomic E-state index is 12.3. The maximum atomic E-state index is 12.3. The van der Waals surface area contributed by atoms with Gasteiger partial charge >= 0.3 is 0 Å². The smallest absolute Gasteiger partial charge is 0.258 e. The Balaban J connectivity index is 1.51. The summed E-state index contributed by atoms with van der Waals surface area (Å²) >= 11 is 0. The van der Waals surface area contributed by atoms with Gasteiger partial charge in [0.1, 0.15) is 5.82 Å². The molecule has 2 aromatic rings. The van der Waals surface area contributed by atoms with Crippen LogP contribution < -0.4 is 11.3 Å². The molecule has 0 aliphatic carbocycles. The monoisotopic (exact) mass is 342 g/mol. The number of nitrogens with two attached hydrogens (primary N) is 1. The molecule has 6 nitrogen and oxygen atoms in total. The number of aryl methyl sites for hydroxylation is 1. The summed E-state index contributed by atoms with van der Waals surface area (Å²) in [6.45, 7) is 3.64. The van der Waals surface area contributed by atoms with E-state index in [4.69, 9.17) is 5.73 Å². The minimum absolute atomic E-state index is 0.120. The van der Waals surface area contributed by atoms with E-state index in [9.17, 15) is 9.59 Å². The van der Waals surface area contributed by atoms with Crippen LogP contribution in [-0.4, -0.2) is 39.9 Å². The first kappa shape index (κ1) is 17.6. The lowest BCUT2D eigenvalue weighted by molar-refractivity contribution is -0.132. The molecule has 1 aromatic carbocycles. The number of fused-ring (bicyclic) bond motifs is 1. The maximum Gasteiger partial charge on any atom is 0.258 e. The van der Waals surface area contributed by atoms with Crippen LogP contribution in [0.15, 0.2) is 29.1 Å². The first-order chi connectivity index (χ1) is 12.0. The number of nitrogens with zero attached hydrogens (tertiary/aromatic N) is 2. The number of hydrogen-bond donors (Lipinski definition) is 2. The van der Waals surface area contributed by atoms with Gasteiger partial charge in [-0.2, -0.15) is 0 Å². The number of benzene rings is 1. The number of hydrogen-bond acceptors (Lipinski definition) is 4. The van der Waals surface area contributed by atoms with Crippen molar-refractivity contribution in [2.24, 2.45) is 11.7 Å². The summed E-state index contributed by atoms with van der Waals surface area (Å²) in [4.78, 5) is 33.6. The predicted octanol–water partition coefficient (Wildman–Crippen LogP) is 1.83. The van der Waals surface area contributed by atoms with E-state index in [1.54, 1.807) is 6.07 Å². The molecule has 3 rings (SSSR count). The van der Waals surface area contributed by atoms with Crippen LogP contribution in [0.3, 0.4) is 0 Å². The van der Waals surface area contributed by atoms with Gasteiger partial charge in [0.25, 0.3) is 5.56 Å². The Hall–Kier alpha value is -2.21. The summed E-state index contributed by atoms with van der Waals surface area (Å²) in [5.41, 5.74) is 6.52. The normalized spacial score (nSPS) is 17.0. The lowest BCUT2D eigenvalue weighted by Gasteiger charge is -2.33. The zero-order chi connectivity index (χ0) is 17.8. The molecule has 1 aliphatic rings. The lowest BCUT2D eigenvalue weighted by Crippen LogP contribution is -2.42. The van der Waals surface area contributed by atoms with Crippen LogP contribution in [0.5, 0.6) is 0 Å². The van der Waals surface area contributed by atoms with Crippen molar-refractivity contribution in [3.63, 3.8) is 0 Å². The van der Waals surface area contributed by atoms with Gasteiger partial charge in [0.2, 0.25) is 5.91 Å². The Labute approximate surface area is 147 Å². The van der Waals surface area contributed by atoms with E-state index in [0.717, 1.165) is 25.9 Å². The van der Waals surface area contributed by atoms with Crippen molar-refractivity contribution in [2.45, 2.75) is 45.1 Å². The van der Waals surface area contributed by atoms with Crippen molar-refractivity contribution in [3.8, 4) is 0 Å². The molecule has 134 valence electrons. The number of carbonyl (C=O) groups is 1. The van der Waals surface area contributed by atoms with E-state index in [2.05, 4.69) is 9.97 Å². The number of rotatable bonds is 5. The summed E-state index contributed by atoms with van der Waals surface area (Å²) in [7, 11) is 0. The van der Waals surface area contributed by atoms with Crippen LogP contribution in [0.1, 0.15) is 38.4 Å². The van der Waals surface area contributed by atoms with Gasteiger partial charge < -0.3 is 15.6 Å². The van der Waals surface area contributed by atoms with Gasteiger partial charge in [-0.15, -0.1) is 0 Å². The van der Waals surface area contributed by atoms with E-state index in [1.165, 1.54) is 0 Å². The van der Waals surface area contributed by atoms with Gasteiger partial charge in [-0.25, -0.2) is 4.98 Å². The second kappa shape index (κ2) is 7.78. The zero-order valence-corrected chi connectivity index (χ0v) is 14.7. The number of amides is 1. The quantitative estimate of drug-likeness (QED) is 0.867. The number of carbonyl (C=O) groups excluding carboxylic acids is 1. The first-order valence-electron chi connectivity index (χ1n) is 9.06. The van der Waals surface area contributed by atoms with E-state index < -0.39 is 0 Å². The van der Waals surface area contributed by atoms with E-state index in [1.807, 2.05) is 30.0 Å². The number of likely N-dealkylation sites (tertiary alicyclic amines) is 1. The van der Waals surface area contributed by atoms with Crippen LogP contribution >= 0.6 is 0 Å². The van der Waals surface area contributed by atoms with Gasteiger partial charge in [-0.05, 0) is 44.2 Å². The fourth-order valence-corrected chi connectivity index (χ4v) is 3.49. The van der Waals surface area contributed by atoms with Crippen LogP contribution in [0, 0.1) is 5.92 Å². The number of aromatic nitrogens is 2. The molecule has 2 heterocycles. The molecule has 1 aromatic heterocycles. The molecule has 1 fully saturated rings. The molecule has 1 aliphatic heterocycles. The third kappa shape index (κ3) is 4.25. The van der Waals surface area contributed by atoms with Crippen molar-refractivity contribution in [1.29, 1.82) is 0 Å². The zero-order valence-electron chi connectivity index (χ0n) is 14.7. The molecule has 1 amide bonds. The Bertz CT molecular complexity index is 791. The highest BCUT2D eigenvalue weighted by molar-refractivity contribution is 5.77. The average Bonchev–Trinajstić information content (AvgIpc) is 2.62. The number of piperidine rings is 1. The fourth-order valence-electron chi connectivity index (χ4n) is 3.49. The molecule has 25 heavy (non-hydrogen) atoms. The van der Waals surface area contributed by atoms with Crippen LogP contribution in [0.25, 0.3) is 10.9 Å².